The van der Waals surface area contributed by atoms with Crippen molar-refractivity contribution in [2.45, 2.75) is 6.92 Å². The van der Waals surface area contributed by atoms with Gasteiger partial charge in [-0.25, -0.2) is 4.98 Å². The number of carbonyl (C=O) groups is 1. The molecule has 23 heavy (non-hydrogen) atoms. The van der Waals surface area contributed by atoms with E-state index in [9.17, 15) is 4.79 Å². The van der Waals surface area contributed by atoms with Gasteiger partial charge in [-0.15, -0.1) is 11.3 Å². The van der Waals surface area contributed by atoms with Crippen LogP contribution in [-0.2, 0) is 0 Å². The first kappa shape index (κ1) is 16.0. The molecule has 3 rings (SSSR count). The number of halogens is 2. The van der Waals surface area contributed by atoms with Crippen LogP contribution in [0.15, 0.2) is 47.8 Å². The van der Waals surface area contributed by atoms with Gasteiger partial charge in [0.15, 0.2) is 5.13 Å². The number of anilines is 1. The summed E-state index contributed by atoms with van der Waals surface area (Å²) in [5, 5.41) is 6.28. The smallest absolute Gasteiger partial charge is 0.257 e. The lowest BCUT2D eigenvalue weighted by Crippen LogP contribution is -2.11. The standard InChI is InChI=1S/C17H12Cl2N2OS/c1-10-3-2-4-11(7-10)16(22)21-17-20-15(9-23-17)13-6-5-12(18)8-14(13)19/h2-9H,1H3,(H,20,21,22). The number of carbonyl (C=O) groups excluding carboxylic acids is 1. The van der Waals surface area contributed by atoms with Crippen LogP contribution in [0.3, 0.4) is 0 Å². The van der Waals surface area contributed by atoms with Crippen molar-refractivity contribution in [3.05, 3.63) is 69.0 Å². The number of thiazole rings is 1. The number of hydrogen-bond donors (Lipinski definition) is 1. The Bertz CT molecular complexity index is 877. The van der Waals surface area contributed by atoms with Crippen molar-refractivity contribution in [3.8, 4) is 11.3 Å². The van der Waals surface area contributed by atoms with Gasteiger partial charge >= 0.3 is 0 Å². The highest BCUT2D eigenvalue weighted by Crippen LogP contribution is 2.32. The van der Waals surface area contributed by atoms with Crippen LogP contribution in [0.2, 0.25) is 10.0 Å². The molecule has 6 heteroatoms. The SMILES string of the molecule is Cc1cccc(C(=O)Nc2nc(-c3ccc(Cl)cc3Cl)cs2)c1. The molecule has 1 N–H and O–H groups in total. The number of amides is 1. The third kappa shape index (κ3) is 3.72. The van der Waals surface area contributed by atoms with Gasteiger partial charge in [0.25, 0.3) is 5.91 Å². The van der Waals surface area contributed by atoms with Gasteiger partial charge in [0.2, 0.25) is 0 Å². The summed E-state index contributed by atoms with van der Waals surface area (Å²) < 4.78 is 0. The molecule has 0 saturated heterocycles. The number of nitrogens with zero attached hydrogens (tertiary/aromatic N) is 1. The van der Waals surface area contributed by atoms with Gasteiger partial charge < -0.3 is 0 Å². The minimum atomic E-state index is -0.184. The van der Waals surface area contributed by atoms with Gasteiger partial charge in [0, 0.05) is 21.5 Å². The Hall–Kier alpha value is -1.88. The summed E-state index contributed by atoms with van der Waals surface area (Å²) in [6, 6.07) is 12.6. The number of hydrogen-bond acceptors (Lipinski definition) is 3. The van der Waals surface area contributed by atoms with Crippen molar-refractivity contribution in [1.82, 2.24) is 4.98 Å². The van der Waals surface area contributed by atoms with Crippen molar-refractivity contribution < 1.29 is 4.79 Å². The molecular weight excluding hydrogens is 351 g/mol. The maximum absolute atomic E-state index is 12.2. The third-order valence-corrected chi connectivity index (χ3v) is 4.52. The average Bonchev–Trinajstić information content (AvgIpc) is 2.95. The number of aryl methyl sites for hydroxylation is 1. The summed E-state index contributed by atoms with van der Waals surface area (Å²) >= 11 is 13.4. The van der Waals surface area contributed by atoms with Crippen LogP contribution in [-0.4, -0.2) is 10.9 Å². The van der Waals surface area contributed by atoms with Gasteiger partial charge in [0.05, 0.1) is 10.7 Å². The van der Waals surface area contributed by atoms with E-state index in [0.717, 1.165) is 11.1 Å². The fraction of sp³-hybridized carbons (Fsp3) is 0.0588. The summed E-state index contributed by atoms with van der Waals surface area (Å²) in [4.78, 5) is 16.7. The first-order valence-electron chi connectivity index (χ1n) is 6.82. The molecule has 0 saturated carbocycles. The second-order valence-corrected chi connectivity index (χ2v) is 6.69. The third-order valence-electron chi connectivity index (χ3n) is 3.21. The van der Waals surface area contributed by atoms with E-state index in [2.05, 4.69) is 10.3 Å². The molecule has 0 bridgehead atoms. The van der Waals surface area contributed by atoms with Crippen LogP contribution in [0.4, 0.5) is 5.13 Å². The van der Waals surface area contributed by atoms with Crippen LogP contribution in [0, 0.1) is 6.92 Å². The number of aromatic nitrogens is 1. The van der Waals surface area contributed by atoms with Crippen LogP contribution < -0.4 is 5.32 Å². The fourth-order valence-corrected chi connectivity index (χ4v) is 3.32. The highest BCUT2D eigenvalue weighted by molar-refractivity contribution is 7.14. The monoisotopic (exact) mass is 362 g/mol. The molecule has 0 aliphatic carbocycles. The molecule has 0 aliphatic heterocycles. The van der Waals surface area contributed by atoms with Crippen LogP contribution in [0.25, 0.3) is 11.3 Å². The van der Waals surface area contributed by atoms with E-state index in [-0.39, 0.29) is 5.91 Å². The van der Waals surface area contributed by atoms with Crippen LogP contribution in [0.1, 0.15) is 15.9 Å². The van der Waals surface area contributed by atoms with Gasteiger partial charge in [0.1, 0.15) is 0 Å². The Kier molecular flexibility index (Phi) is 4.66. The molecule has 0 radical (unpaired) electrons. The molecule has 0 atom stereocenters. The van der Waals surface area contributed by atoms with Crippen molar-refractivity contribution in [2.75, 3.05) is 5.32 Å². The second-order valence-electron chi connectivity index (χ2n) is 4.99. The van der Waals surface area contributed by atoms with E-state index in [1.165, 1.54) is 11.3 Å². The predicted octanol–water partition coefficient (Wildman–Crippen LogP) is 5.68. The van der Waals surface area contributed by atoms with Gasteiger partial charge in [-0.2, -0.15) is 0 Å². The largest absolute Gasteiger partial charge is 0.298 e. The van der Waals surface area contributed by atoms with E-state index in [1.807, 2.05) is 36.6 Å². The maximum atomic E-state index is 12.2. The Balaban J connectivity index is 1.81. The van der Waals surface area contributed by atoms with E-state index in [1.54, 1.807) is 18.2 Å². The Morgan fingerprint density at radius 3 is 2.74 bits per heavy atom. The summed E-state index contributed by atoms with van der Waals surface area (Å²) in [5.74, 6) is -0.184. The Labute approximate surface area is 147 Å². The predicted molar refractivity (Wildman–Crippen MR) is 96.7 cm³/mol. The van der Waals surface area contributed by atoms with E-state index in [0.29, 0.717) is 26.4 Å². The number of benzene rings is 2. The molecule has 116 valence electrons. The number of rotatable bonds is 3. The van der Waals surface area contributed by atoms with Gasteiger partial charge in [-0.1, -0.05) is 40.9 Å². The van der Waals surface area contributed by atoms with Crippen LogP contribution >= 0.6 is 34.5 Å². The average molecular weight is 363 g/mol. The van der Waals surface area contributed by atoms with E-state index < -0.39 is 0 Å². The zero-order chi connectivity index (χ0) is 16.4. The lowest BCUT2D eigenvalue weighted by Gasteiger charge is -2.03. The molecule has 0 unspecified atom stereocenters. The topological polar surface area (TPSA) is 42.0 Å². The minimum Gasteiger partial charge on any atom is -0.298 e. The number of nitrogens with one attached hydrogen (secondary N) is 1. The first-order chi connectivity index (χ1) is 11.0. The molecule has 2 aromatic carbocycles. The fourth-order valence-electron chi connectivity index (χ4n) is 2.11. The zero-order valence-electron chi connectivity index (χ0n) is 12.1. The van der Waals surface area contributed by atoms with Crippen molar-refractivity contribution in [1.29, 1.82) is 0 Å². The lowest BCUT2D eigenvalue weighted by atomic mass is 10.1. The normalized spacial score (nSPS) is 10.6. The minimum absolute atomic E-state index is 0.184. The highest BCUT2D eigenvalue weighted by Gasteiger charge is 2.12. The molecule has 3 nitrogen and oxygen atoms in total. The zero-order valence-corrected chi connectivity index (χ0v) is 14.5. The molecule has 1 heterocycles. The maximum Gasteiger partial charge on any atom is 0.257 e. The van der Waals surface area contributed by atoms with Gasteiger partial charge in [-0.05, 0) is 37.3 Å². The molecule has 1 aromatic heterocycles. The quantitative estimate of drug-likeness (QED) is 0.651. The Morgan fingerprint density at radius 1 is 1.17 bits per heavy atom. The first-order valence-corrected chi connectivity index (χ1v) is 8.45. The van der Waals surface area contributed by atoms with Gasteiger partial charge in [-0.3, -0.25) is 10.1 Å². The van der Waals surface area contributed by atoms with E-state index in [4.69, 9.17) is 23.2 Å². The van der Waals surface area contributed by atoms with E-state index >= 15 is 0 Å². The Morgan fingerprint density at radius 2 is 2.00 bits per heavy atom. The molecule has 0 spiro atoms. The summed E-state index contributed by atoms with van der Waals surface area (Å²) in [5.41, 5.74) is 3.12. The molecule has 3 aromatic rings. The molecule has 1 amide bonds. The second kappa shape index (κ2) is 6.71. The summed E-state index contributed by atoms with van der Waals surface area (Å²) in [6.07, 6.45) is 0. The van der Waals surface area contributed by atoms with Crippen molar-refractivity contribution >= 4 is 45.6 Å². The summed E-state index contributed by atoms with van der Waals surface area (Å²) in [6.45, 7) is 1.95. The molecule has 0 aliphatic rings. The molecular formula is C17H12Cl2N2OS. The van der Waals surface area contributed by atoms with Crippen LogP contribution in [0.5, 0.6) is 0 Å². The highest BCUT2D eigenvalue weighted by atomic mass is 35.5. The van der Waals surface area contributed by atoms with Crippen molar-refractivity contribution in [2.24, 2.45) is 0 Å². The summed E-state index contributed by atoms with van der Waals surface area (Å²) in [7, 11) is 0. The lowest BCUT2D eigenvalue weighted by molar-refractivity contribution is 0.102. The van der Waals surface area contributed by atoms with Crippen molar-refractivity contribution in [3.63, 3.8) is 0 Å². The molecule has 0 fully saturated rings.